The average Bonchev–Trinajstić information content (AvgIpc) is 3.56. The summed E-state index contributed by atoms with van der Waals surface area (Å²) in [5.41, 5.74) is -0.0899. The Balaban J connectivity index is 1.65. The van der Waals surface area contributed by atoms with E-state index in [0.717, 1.165) is 0 Å². The normalized spacial score (nSPS) is 28.2. The number of amides is 2. The lowest BCUT2D eigenvalue weighted by Gasteiger charge is -2.39. The Morgan fingerprint density at radius 3 is 2.63 bits per heavy atom. The van der Waals surface area contributed by atoms with Gasteiger partial charge < -0.3 is 24.4 Å². The number of fused-ring (bicyclic) bond motifs is 1. The highest BCUT2D eigenvalue weighted by Crippen LogP contribution is 2.60. The summed E-state index contributed by atoms with van der Waals surface area (Å²) in [4.78, 5) is 44.8. The number of hydrogen-bond acceptors (Lipinski definition) is 6. The van der Waals surface area contributed by atoms with Gasteiger partial charge in [0.05, 0.1) is 47.9 Å². The largest absolute Gasteiger partial charge is 0.466 e. The van der Waals surface area contributed by atoms with Crippen molar-refractivity contribution in [2.75, 3.05) is 24.7 Å². The van der Waals surface area contributed by atoms with E-state index in [1.54, 1.807) is 49.4 Å². The number of carbonyl (C=O) groups excluding carboxylic acids is 3. The number of likely N-dealkylation sites (tertiary alicyclic amines) is 1. The third-order valence-electron chi connectivity index (χ3n) is 7.94. The van der Waals surface area contributed by atoms with Crippen molar-refractivity contribution in [2.45, 2.75) is 43.6 Å². The molecular weight excluding hydrogens is 508 g/mol. The highest BCUT2D eigenvalue weighted by molar-refractivity contribution is 6.34. The minimum absolute atomic E-state index is 0.141. The Hall–Kier alpha value is -3.20. The van der Waals surface area contributed by atoms with Crippen molar-refractivity contribution in [2.24, 2.45) is 11.8 Å². The smallest absolute Gasteiger partial charge is 0.312 e. The fourth-order valence-electron chi connectivity index (χ4n) is 6.50. The molecule has 2 unspecified atom stereocenters. The molecule has 3 saturated heterocycles. The Bertz CT molecular complexity index is 1240. The molecule has 6 atom stereocenters. The van der Waals surface area contributed by atoms with E-state index in [0.29, 0.717) is 29.1 Å². The predicted octanol–water partition coefficient (Wildman–Crippen LogP) is 3.53. The second-order valence-corrected chi connectivity index (χ2v) is 10.3. The molecule has 9 heteroatoms. The van der Waals surface area contributed by atoms with Crippen molar-refractivity contribution in [3.63, 3.8) is 0 Å². The van der Waals surface area contributed by atoms with Gasteiger partial charge in [0.25, 0.3) is 5.91 Å². The number of aliphatic hydroxyl groups excluding tert-OH is 1. The molecule has 2 aromatic carbocycles. The Labute approximate surface area is 226 Å². The number of halogens is 1. The maximum atomic E-state index is 14.6. The van der Waals surface area contributed by atoms with Crippen LogP contribution in [0.2, 0.25) is 5.02 Å². The molecule has 1 N–H and O–H groups in total. The second kappa shape index (κ2) is 10.5. The van der Waals surface area contributed by atoms with Crippen LogP contribution in [0.15, 0.2) is 67.3 Å². The van der Waals surface area contributed by atoms with Crippen LogP contribution in [0.1, 0.15) is 31.4 Å². The molecule has 3 heterocycles. The van der Waals surface area contributed by atoms with Crippen LogP contribution in [0, 0.1) is 11.8 Å². The van der Waals surface area contributed by atoms with Crippen molar-refractivity contribution in [3.05, 3.63) is 77.8 Å². The van der Waals surface area contributed by atoms with Crippen LogP contribution in [0.3, 0.4) is 0 Å². The molecule has 0 aromatic heterocycles. The minimum Gasteiger partial charge on any atom is -0.466 e. The van der Waals surface area contributed by atoms with Crippen molar-refractivity contribution in [3.8, 4) is 0 Å². The first-order valence-corrected chi connectivity index (χ1v) is 13.3. The number of rotatable bonds is 9. The van der Waals surface area contributed by atoms with Gasteiger partial charge in [-0.2, -0.15) is 0 Å². The highest BCUT2D eigenvalue weighted by Gasteiger charge is 2.75. The number of benzene rings is 2. The summed E-state index contributed by atoms with van der Waals surface area (Å²) < 4.78 is 11.8. The number of para-hydroxylation sites is 1. The van der Waals surface area contributed by atoms with Gasteiger partial charge in [0.1, 0.15) is 11.6 Å². The molecule has 3 aliphatic heterocycles. The zero-order valence-corrected chi connectivity index (χ0v) is 21.9. The Morgan fingerprint density at radius 1 is 1.26 bits per heavy atom. The standard InChI is InChI=1S/C29H31ClN2O6/c1-3-16-31(20-13-9-8-12-19(20)30)27(35)25-29-15-14-22(38-29)23(28(36)37-4-2)24(29)26(34)32(25)21(17-33)18-10-6-5-7-11-18/h3,5-13,21-25,33H,1,4,14-17H2,2H3/t21-,22-,23+,24+,25?,29?/m1/s1. The monoisotopic (exact) mass is 538 g/mol. The first-order valence-electron chi connectivity index (χ1n) is 12.9. The first-order chi connectivity index (χ1) is 18.4. The number of carbonyl (C=O) groups is 3. The number of nitrogens with zero attached hydrogens (tertiary/aromatic N) is 2. The topological polar surface area (TPSA) is 96.4 Å². The van der Waals surface area contributed by atoms with Crippen LogP contribution >= 0.6 is 11.6 Å². The molecule has 2 bridgehead atoms. The van der Waals surface area contributed by atoms with Crippen molar-refractivity contribution >= 4 is 35.1 Å². The van der Waals surface area contributed by atoms with Crippen molar-refractivity contribution in [1.82, 2.24) is 4.90 Å². The fourth-order valence-corrected chi connectivity index (χ4v) is 6.73. The lowest BCUT2D eigenvalue weighted by atomic mass is 9.70. The molecular formula is C29H31ClN2O6. The van der Waals surface area contributed by atoms with E-state index in [1.165, 1.54) is 9.80 Å². The molecule has 0 aliphatic carbocycles. The van der Waals surface area contributed by atoms with Crippen LogP contribution in [-0.2, 0) is 23.9 Å². The van der Waals surface area contributed by atoms with Crippen molar-refractivity contribution < 1.29 is 29.0 Å². The van der Waals surface area contributed by atoms with Crippen LogP contribution in [0.4, 0.5) is 5.69 Å². The maximum Gasteiger partial charge on any atom is 0.312 e. The number of hydrogen-bond donors (Lipinski definition) is 1. The number of aliphatic hydroxyl groups is 1. The van der Waals surface area contributed by atoms with Gasteiger partial charge in [-0.15, -0.1) is 6.58 Å². The lowest BCUT2D eigenvalue weighted by molar-refractivity contribution is -0.155. The van der Waals surface area contributed by atoms with E-state index in [9.17, 15) is 19.5 Å². The second-order valence-electron chi connectivity index (χ2n) is 9.85. The van der Waals surface area contributed by atoms with Gasteiger partial charge >= 0.3 is 5.97 Å². The fraction of sp³-hybridized carbons (Fsp3) is 0.414. The molecule has 3 fully saturated rings. The molecule has 2 aromatic rings. The zero-order valence-electron chi connectivity index (χ0n) is 21.2. The molecule has 1 spiro atoms. The molecule has 200 valence electrons. The molecule has 38 heavy (non-hydrogen) atoms. The van der Waals surface area contributed by atoms with E-state index in [2.05, 4.69) is 6.58 Å². The molecule has 0 radical (unpaired) electrons. The van der Waals surface area contributed by atoms with Gasteiger partial charge in [-0.25, -0.2) is 0 Å². The quantitative estimate of drug-likeness (QED) is 0.387. The summed E-state index contributed by atoms with van der Waals surface area (Å²) in [7, 11) is 0. The molecule has 8 nitrogen and oxygen atoms in total. The van der Waals surface area contributed by atoms with Gasteiger partial charge in [-0.3, -0.25) is 14.4 Å². The Kier molecular flexibility index (Phi) is 7.31. The summed E-state index contributed by atoms with van der Waals surface area (Å²) in [5.74, 6) is -3.03. The van der Waals surface area contributed by atoms with Crippen LogP contribution in [-0.4, -0.2) is 65.3 Å². The molecule has 5 rings (SSSR count). The highest BCUT2D eigenvalue weighted by atomic mass is 35.5. The number of anilines is 1. The summed E-state index contributed by atoms with van der Waals surface area (Å²) in [6, 6.07) is 14.1. The minimum atomic E-state index is -1.24. The van der Waals surface area contributed by atoms with Crippen LogP contribution in [0.25, 0.3) is 0 Å². The third kappa shape index (κ3) is 4.02. The van der Waals surface area contributed by atoms with E-state index in [4.69, 9.17) is 21.1 Å². The summed E-state index contributed by atoms with van der Waals surface area (Å²) in [5, 5.41) is 10.9. The van der Waals surface area contributed by atoms with Gasteiger partial charge in [0.2, 0.25) is 5.91 Å². The number of ether oxygens (including phenoxy) is 2. The van der Waals surface area contributed by atoms with E-state index in [1.807, 2.05) is 18.2 Å². The van der Waals surface area contributed by atoms with Crippen LogP contribution in [0.5, 0.6) is 0 Å². The Morgan fingerprint density at radius 2 is 1.97 bits per heavy atom. The number of esters is 1. The average molecular weight is 539 g/mol. The van der Waals surface area contributed by atoms with Gasteiger partial charge in [0.15, 0.2) is 0 Å². The first kappa shape index (κ1) is 26.4. The molecule has 3 aliphatic rings. The summed E-state index contributed by atoms with van der Waals surface area (Å²) in [6.45, 7) is 5.43. The van der Waals surface area contributed by atoms with Crippen molar-refractivity contribution in [1.29, 1.82) is 0 Å². The van der Waals surface area contributed by atoms with E-state index < -0.39 is 60.0 Å². The summed E-state index contributed by atoms with van der Waals surface area (Å²) in [6.07, 6.45) is 2.02. The van der Waals surface area contributed by atoms with Gasteiger partial charge in [-0.05, 0) is 37.5 Å². The molecule has 0 saturated carbocycles. The maximum absolute atomic E-state index is 14.6. The SMILES string of the molecule is C=CCN(C(=O)C1N([C@H](CO)c2ccccc2)C(=O)[C@@H]2[C@@H](C(=O)OCC)[C@H]3CCC12O3)c1ccccc1Cl. The third-order valence-corrected chi connectivity index (χ3v) is 8.26. The van der Waals surface area contributed by atoms with Gasteiger partial charge in [0, 0.05) is 6.54 Å². The molecule has 2 amide bonds. The predicted molar refractivity (Wildman–Crippen MR) is 141 cm³/mol. The lowest BCUT2D eigenvalue weighted by Crippen LogP contribution is -2.57. The zero-order chi connectivity index (χ0) is 27.0. The van der Waals surface area contributed by atoms with Crippen LogP contribution < -0.4 is 4.90 Å². The van der Waals surface area contributed by atoms with E-state index >= 15 is 0 Å². The van der Waals surface area contributed by atoms with E-state index in [-0.39, 0.29) is 13.2 Å². The summed E-state index contributed by atoms with van der Waals surface area (Å²) >= 11 is 6.50. The van der Waals surface area contributed by atoms with Gasteiger partial charge in [-0.1, -0.05) is 60.1 Å².